The number of hydrogen-bond donors (Lipinski definition) is 2. The van der Waals surface area contributed by atoms with Gasteiger partial charge in [0.15, 0.2) is 23.3 Å². The monoisotopic (exact) mass is 704 g/mol. The summed E-state index contributed by atoms with van der Waals surface area (Å²) in [6.07, 6.45) is 16.5. The minimum Gasteiger partial charge on any atom is -0.309 e. The molecule has 4 aromatic heterocycles. The van der Waals surface area contributed by atoms with Crippen LogP contribution in [0.1, 0.15) is 31.2 Å². The molecule has 0 aromatic carbocycles. The maximum atomic E-state index is 14.3. The van der Waals surface area contributed by atoms with E-state index in [-0.39, 0.29) is 63.5 Å². The zero-order chi connectivity index (χ0) is 36.2. The molecule has 4 aliphatic rings. The molecule has 16 heteroatoms. The quantitative estimate of drug-likeness (QED) is 0.252. The SMILES string of the molecule is O=C(N=C1C=NC(=C2C=CN(O)C=C2F)C(c2cccnc2)=N1)C1CC1.O=C(Nc1cnc(-c2ccncc2F)c(-c2ccc(F)cn2)n1)C1CC1. The number of nitrogens with zero attached hydrogens (tertiary/aromatic N) is 9. The number of nitrogens with one attached hydrogen (secondary N) is 1. The number of carbonyl (C=O) groups is 2. The van der Waals surface area contributed by atoms with Crippen molar-refractivity contribution >= 4 is 35.4 Å². The summed E-state index contributed by atoms with van der Waals surface area (Å²) in [5.41, 5.74) is 2.39. The molecule has 2 N–H and O–H groups in total. The van der Waals surface area contributed by atoms with Crippen molar-refractivity contribution < 1.29 is 28.0 Å². The smallest absolute Gasteiger partial charge is 0.250 e. The minimum atomic E-state index is -0.659. The van der Waals surface area contributed by atoms with Gasteiger partial charge in [0, 0.05) is 53.3 Å². The third kappa shape index (κ3) is 7.92. The van der Waals surface area contributed by atoms with Gasteiger partial charge >= 0.3 is 0 Å². The van der Waals surface area contributed by atoms with Crippen molar-refractivity contribution in [3.63, 3.8) is 0 Å². The van der Waals surface area contributed by atoms with E-state index in [9.17, 15) is 28.0 Å². The van der Waals surface area contributed by atoms with E-state index in [1.165, 1.54) is 49.1 Å². The first-order valence-electron chi connectivity index (χ1n) is 16.1. The van der Waals surface area contributed by atoms with Crippen molar-refractivity contribution in [1.82, 2.24) is 30.0 Å². The van der Waals surface area contributed by atoms with Crippen molar-refractivity contribution in [3.05, 3.63) is 120 Å². The predicted molar refractivity (Wildman–Crippen MR) is 183 cm³/mol. The molecular formula is C36H27F3N10O3. The van der Waals surface area contributed by atoms with Crippen LogP contribution in [0.3, 0.4) is 0 Å². The standard InChI is InChI=1S/C18H13F2N5O.C18H14FN5O2/c19-11-3-4-14(22-7-11)17-16(12-5-6-21-8-13(12)20)23-9-15(24-17)25-18(26)10-1-2-10;19-14-10-24(26)7-5-13(14)17-16(12-2-1-6-20-8-12)22-15(9-21-17)23-18(25)11-3-4-11/h3-10H,1-2H2,(H,24,25,26);1-2,5-11,26H,3-4H2. The molecule has 2 aliphatic heterocycles. The Balaban J connectivity index is 0.000000162. The van der Waals surface area contributed by atoms with Crippen molar-refractivity contribution in [3.8, 4) is 22.6 Å². The number of amidine groups is 1. The van der Waals surface area contributed by atoms with Gasteiger partial charge in [-0.1, -0.05) is 0 Å². The number of allylic oxidation sites excluding steroid dienone is 4. The fraction of sp³-hybridized carbons (Fsp3) is 0.167. The molecule has 0 spiro atoms. The molecule has 0 saturated heterocycles. The number of aliphatic imine (C=N–C) groups is 3. The second-order valence-corrected chi connectivity index (χ2v) is 11.9. The maximum Gasteiger partial charge on any atom is 0.250 e. The van der Waals surface area contributed by atoms with Gasteiger partial charge in [0.05, 0.1) is 42.4 Å². The summed E-state index contributed by atoms with van der Waals surface area (Å²) in [7, 11) is 0. The summed E-state index contributed by atoms with van der Waals surface area (Å²) in [6, 6.07) is 7.61. The van der Waals surface area contributed by atoms with Gasteiger partial charge in [0.1, 0.15) is 22.9 Å². The molecule has 52 heavy (non-hydrogen) atoms. The Kier molecular flexibility index (Phi) is 9.62. The summed E-state index contributed by atoms with van der Waals surface area (Å²) >= 11 is 0. The molecule has 2 amide bonds. The van der Waals surface area contributed by atoms with Crippen LogP contribution in [-0.4, -0.2) is 64.8 Å². The lowest BCUT2D eigenvalue weighted by Crippen LogP contribution is -2.18. The summed E-state index contributed by atoms with van der Waals surface area (Å²) < 4.78 is 41.7. The first kappa shape index (κ1) is 33.9. The first-order valence-corrected chi connectivity index (χ1v) is 16.1. The van der Waals surface area contributed by atoms with E-state index in [2.05, 4.69) is 45.2 Å². The van der Waals surface area contributed by atoms with Crippen LogP contribution in [0.4, 0.5) is 19.0 Å². The predicted octanol–water partition coefficient (Wildman–Crippen LogP) is 5.80. The average molecular weight is 705 g/mol. The average Bonchev–Trinajstić information content (AvgIpc) is 4.07. The van der Waals surface area contributed by atoms with E-state index in [1.807, 2.05) is 0 Å². The van der Waals surface area contributed by atoms with Gasteiger partial charge in [-0.25, -0.2) is 38.2 Å². The highest BCUT2D eigenvalue weighted by atomic mass is 19.1. The largest absolute Gasteiger partial charge is 0.309 e. The molecule has 6 heterocycles. The number of amides is 2. The Hall–Kier alpha value is -6.55. The topological polar surface area (TPSA) is 171 Å². The van der Waals surface area contributed by atoms with Crippen LogP contribution >= 0.6 is 0 Å². The number of anilines is 1. The van der Waals surface area contributed by atoms with Crippen LogP contribution in [0.25, 0.3) is 22.6 Å². The van der Waals surface area contributed by atoms with Gasteiger partial charge < -0.3 is 5.32 Å². The number of aromatic nitrogens is 5. The fourth-order valence-electron chi connectivity index (χ4n) is 5.00. The molecular weight excluding hydrogens is 677 g/mol. The molecule has 0 atom stereocenters. The van der Waals surface area contributed by atoms with Crippen molar-refractivity contribution in [2.75, 3.05) is 5.32 Å². The van der Waals surface area contributed by atoms with E-state index < -0.39 is 17.5 Å². The van der Waals surface area contributed by atoms with Crippen LogP contribution in [0.5, 0.6) is 0 Å². The number of halogens is 3. The van der Waals surface area contributed by atoms with E-state index in [0.717, 1.165) is 44.3 Å². The molecule has 4 aromatic rings. The van der Waals surface area contributed by atoms with Gasteiger partial charge in [0.2, 0.25) is 5.91 Å². The number of hydrogen-bond acceptors (Lipinski definition) is 10. The molecule has 0 unspecified atom stereocenters. The Morgan fingerprint density at radius 1 is 0.904 bits per heavy atom. The van der Waals surface area contributed by atoms with Crippen LogP contribution in [0.2, 0.25) is 0 Å². The highest BCUT2D eigenvalue weighted by Crippen LogP contribution is 2.33. The number of pyridine rings is 3. The number of rotatable bonds is 6. The van der Waals surface area contributed by atoms with E-state index in [1.54, 1.807) is 24.5 Å². The van der Waals surface area contributed by atoms with E-state index in [0.29, 0.717) is 22.0 Å². The fourth-order valence-corrected chi connectivity index (χ4v) is 5.00. The summed E-state index contributed by atoms with van der Waals surface area (Å²) in [6.45, 7) is 0. The zero-order valence-corrected chi connectivity index (χ0v) is 27.1. The highest BCUT2D eigenvalue weighted by Gasteiger charge is 2.31. The molecule has 260 valence electrons. The number of hydroxylamine groups is 2. The van der Waals surface area contributed by atoms with E-state index >= 15 is 0 Å². The molecule has 0 radical (unpaired) electrons. The third-order valence-corrected chi connectivity index (χ3v) is 7.97. The molecule has 8 rings (SSSR count). The Bertz CT molecular complexity index is 2230. The Labute approximate surface area is 293 Å². The van der Waals surface area contributed by atoms with E-state index in [4.69, 9.17) is 0 Å². The normalized spacial score (nSPS) is 18.7. The lowest BCUT2D eigenvalue weighted by molar-refractivity contribution is -0.119. The maximum absolute atomic E-state index is 14.3. The lowest BCUT2D eigenvalue weighted by Gasteiger charge is -2.17. The van der Waals surface area contributed by atoms with Gasteiger partial charge in [0.25, 0.3) is 5.91 Å². The first-order chi connectivity index (χ1) is 25.2. The third-order valence-electron chi connectivity index (χ3n) is 7.97. The van der Waals surface area contributed by atoms with Crippen LogP contribution in [-0.2, 0) is 9.59 Å². The van der Waals surface area contributed by atoms with Crippen LogP contribution < -0.4 is 5.32 Å². The Morgan fingerprint density at radius 2 is 1.71 bits per heavy atom. The summed E-state index contributed by atoms with van der Waals surface area (Å²) in [4.78, 5) is 57.0. The Morgan fingerprint density at radius 3 is 2.40 bits per heavy atom. The van der Waals surface area contributed by atoms with Crippen LogP contribution in [0.15, 0.2) is 118 Å². The highest BCUT2D eigenvalue weighted by molar-refractivity contribution is 6.39. The van der Waals surface area contributed by atoms with Crippen LogP contribution in [0, 0.1) is 23.5 Å². The molecule has 2 aliphatic carbocycles. The minimum absolute atomic E-state index is 0.00140. The van der Waals surface area contributed by atoms with Gasteiger partial charge in [-0.05, 0) is 62.1 Å². The van der Waals surface area contributed by atoms with Gasteiger partial charge in [-0.2, -0.15) is 4.99 Å². The van der Waals surface area contributed by atoms with Crippen molar-refractivity contribution in [2.24, 2.45) is 26.8 Å². The molecule has 0 bridgehead atoms. The van der Waals surface area contributed by atoms with Gasteiger partial charge in [-0.3, -0.25) is 29.7 Å². The van der Waals surface area contributed by atoms with Crippen molar-refractivity contribution in [1.29, 1.82) is 0 Å². The van der Waals surface area contributed by atoms with Crippen molar-refractivity contribution in [2.45, 2.75) is 25.7 Å². The van der Waals surface area contributed by atoms with Gasteiger partial charge in [-0.15, -0.1) is 0 Å². The number of carbonyl (C=O) groups excluding carboxylic acids is 2. The second kappa shape index (κ2) is 14.7. The summed E-state index contributed by atoms with van der Waals surface area (Å²) in [5.74, 6) is -1.67. The molecule has 13 nitrogen and oxygen atoms in total. The molecule has 2 saturated carbocycles. The zero-order valence-electron chi connectivity index (χ0n) is 27.1. The summed E-state index contributed by atoms with van der Waals surface area (Å²) in [5, 5.41) is 12.7. The molecule has 2 fully saturated rings. The lowest BCUT2D eigenvalue weighted by atomic mass is 10.0. The second-order valence-electron chi connectivity index (χ2n) is 11.9.